The molecule has 0 aromatic carbocycles. The first kappa shape index (κ1) is 14.8. The Bertz CT molecular complexity index is 528. The molecule has 0 fully saturated rings. The highest BCUT2D eigenvalue weighted by molar-refractivity contribution is 7.92. The van der Waals surface area contributed by atoms with Crippen molar-refractivity contribution in [3.05, 3.63) is 23.7 Å². The molecule has 0 spiro atoms. The molecule has 0 aliphatic heterocycles. The lowest BCUT2D eigenvalue weighted by atomic mass is 10.2. The summed E-state index contributed by atoms with van der Waals surface area (Å²) in [6.45, 7) is 5.12. The summed E-state index contributed by atoms with van der Waals surface area (Å²) in [6.07, 6.45) is 1.86. The second-order valence-corrected chi connectivity index (χ2v) is 7.48. The van der Waals surface area contributed by atoms with Crippen molar-refractivity contribution in [2.24, 2.45) is 0 Å². The molecular formula is C12H19NO4S. The van der Waals surface area contributed by atoms with Gasteiger partial charge in [0.2, 0.25) is 0 Å². The van der Waals surface area contributed by atoms with Crippen LogP contribution in [-0.4, -0.2) is 31.9 Å². The van der Waals surface area contributed by atoms with E-state index in [-0.39, 0.29) is 12.3 Å². The van der Waals surface area contributed by atoms with E-state index in [0.717, 1.165) is 12.0 Å². The number of carbonyl (C=O) groups excluding carboxylic acids is 1. The second-order valence-electron chi connectivity index (χ2n) is 4.83. The van der Waals surface area contributed by atoms with Crippen LogP contribution >= 0.6 is 0 Å². The van der Waals surface area contributed by atoms with Crippen LogP contribution in [0.4, 0.5) is 0 Å². The monoisotopic (exact) mass is 273 g/mol. The number of hydrogen-bond acceptors (Lipinski definition) is 4. The largest absolute Gasteiger partial charge is 0.456 e. The van der Waals surface area contributed by atoms with Gasteiger partial charge in [0, 0.05) is 19.2 Å². The Hall–Kier alpha value is -1.30. The Balaban J connectivity index is 2.67. The van der Waals surface area contributed by atoms with E-state index >= 15 is 0 Å². The van der Waals surface area contributed by atoms with Gasteiger partial charge in [-0.15, -0.1) is 0 Å². The number of rotatable bonds is 5. The zero-order chi connectivity index (χ0) is 14.0. The lowest BCUT2D eigenvalue weighted by Gasteiger charge is -2.22. The summed E-state index contributed by atoms with van der Waals surface area (Å²) in [7, 11) is -3.23. The summed E-state index contributed by atoms with van der Waals surface area (Å²) >= 11 is 0. The number of aryl methyl sites for hydroxylation is 1. The molecule has 1 aromatic rings. The highest BCUT2D eigenvalue weighted by Crippen LogP contribution is 2.14. The first-order chi connectivity index (χ1) is 8.17. The highest BCUT2D eigenvalue weighted by Gasteiger charge is 2.30. The van der Waals surface area contributed by atoms with Crippen LogP contribution in [0.15, 0.2) is 16.5 Å². The van der Waals surface area contributed by atoms with Crippen LogP contribution in [0, 0.1) is 0 Å². The maximum atomic E-state index is 11.7. The average Bonchev–Trinajstić information content (AvgIpc) is 2.73. The number of carbonyl (C=O) groups is 1. The lowest BCUT2D eigenvalue weighted by Crippen LogP contribution is -2.43. The van der Waals surface area contributed by atoms with Crippen molar-refractivity contribution >= 4 is 15.7 Å². The van der Waals surface area contributed by atoms with Gasteiger partial charge in [0.15, 0.2) is 15.6 Å². The first-order valence-electron chi connectivity index (χ1n) is 5.74. The van der Waals surface area contributed by atoms with Crippen molar-refractivity contribution in [2.75, 3.05) is 12.8 Å². The fraction of sp³-hybridized carbons (Fsp3) is 0.583. The van der Waals surface area contributed by atoms with E-state index in [4.69, 9.17) is 4.42 Å². The van der Waals surface area contributed by atoms with Crippen molar-refractivity contribution < 1.29 is 17.6 Å². The van der Waals surface area contributed by atoms with Gasteiger partial charge in [-0.25, -0.2) is 8.42 Å². The molecule has 102 valence electrons. The molecule has 0 aliphatic rings. The van der Waals surface area contributed by atoms with E-state index in [9.17, 15) is 13.2 Å². The third-order valence-electron chi connectivity index (χ3n) is 2.91. The molecule has 1 amide bonds. The molecule has 1 heterocycles. The molecule has 0 atom stereocenters. The van der Waals surface area contributed by atoms with Gasteiger partial charge in [-0.2, -0.15) is 0 Å². The predicted octanol–water partition coefficient (Wildman–Crippen LogP) is 1.40. The standard InChI is InChI=1S/C12H19NO4S/c1-5-9-6-7-10(17-9)11(14)13-8-12(2,3)18(4,15)16/h6-7H,5,8H2,1-4H3,(H,13,14). The SMILES string of the molecule is CCc1ccc(C(=O)NCC(C)(C)S(C)(=O)=O)o1. The van der Waals surface area contributed by atoms with E-state index in [1.54, 1.807) is 26.0 Å². The van der Waals surface area contributed by atoms with Gasteiger partial charge in [0.25, 0.3) is 5.91 Å². The Labute approximate surface area is 107 Å². The van der Waals surface area contributed by atoms with Gasteiger partial charge >= 0.3 is 0 Å². The van der Waals surface area contributed by atoms with Crippen LogP contribution in [0.5, 0.6) is 0 Å². The van der Waals surface area contributed by atoms with Crippen molar-refractivity contribution in [1.29, 1.82) is 0 Å². The number of sulfone groups is 1. The van der Waals surface area contributed by atoms with Crippen LogP contribution in [0.25, 0.3) is 0 Å². The van der Waals surface area contributed by atoms with E-state index in [2.05, 4.69) is 5.32 Å². The van der Waals surface area contributed by atoms with Crippen LogP contribution in [0.2, 0.25) is 0 Å². The Morgan fingerprint density at radius 3 is 2.44 bits per heavy atom. The third-order valence-corrected chi connectivity index (χ3v) is 5.06. The van der Waals surface area contributed by atoms with Gasteiger partial charge in [0.1, 0.15) is 5.76 Å². The van der Waals surface area contributed by atoms with Crippen molar-refractivity contribution in [3.63, 3.8) is 0 Å². The summed E-state index contributed by atoms with van der Waals surface area (Å²) in [5.74, 6) is 0.532. The fourth-order valence-electron chi connectivity index (χ4n) is 1.20. The van der Waals surface area contributed by atoms with Crippen LogP contribution in [-0.2, 0) is 16.3 Å². The first-order valence-corrected chi connectivity index (χ1v) is 7.63. The smallest absolute Gasteiger partial charge is 0.287 e. The number of hydrogen-bond donors (Lipinski definition) is 1. The molecule has 0 bridgehead atoms. The molecule has 1 aromatic heterocycles. The van der Waals surface area contributed by atoms with Gasteiger partial charge in [-0.3, -0.25) is 4.79 Å². The summed E-state index contributed by atoms with van der Waals surface area (Å²) in [6, 6.07) is 3.32. The van der Waals surface area contributed by atoms with Crippen LogP contribution < -0.4 is 5.32 Å². The average molecular weight is 273 g/mol. The minimum atomic E-state index is -3.23. The number of furan rings is 1. The van der Waals surface area contributed by atoms with E-state index in [1.807, 2.05) is 6.92 Å². The Kier molecular flexibility index (Phi) is 4.21. The van der Waals surface area contributed by atoms with E-state index in [0.29, 0.717) is 6.42 Å². The minimum absolute atomic E-state index is 0.0484. The topological polar surface area (TPSA) is 76.4 Å². The quantitative estimate of drug-likeness (QED) is 0.879. The van der Waals surface area contributed by atoms with E-state index < -0.39 is 20.5 Å². The van der Waals surface area contributed by atoms with Gasteiger partial charge in [-0.1, -0.05) is 6.92 Å². The van der Waals surface area contributed by atoms with Gasteiger partial charge < -0.3 is 9.73 Å². The molecule has 6 heteroatoms. The normalized spacial score (nSPS) is 12.4. The van der Waals surface area contributed by atoms with E-state index in [1.165, 1.54) is 0 Å². The molecule has 0 aliphatic carbocycles. The van der Waals surface area contributed by atoms with Crippen LogP contribution in [0.1, 0.15) is 37.1 Å². The molecule has 5 nitrogen and oxygen atoms in total. The van der Waals surface area contributed by atoms with Gasteiger partial charge in [-0.05, 0) is 26.0 Å². The molecular weight excluding hydrogens is 254 g/mol. The highest BCUT2D eigenvalue weighted by atomic mass is 32.2. The zero-order valence-corrected chi connectivity index (χ0v) is 11.9. The molecule has 1 N–H and O–H groups in total. The molecule has 0 unspecified atom stereocenters. The molecule has 0 saturated carbocycles. The number of amides is 1. The maximum absolute atomic E-state index is 11.7. The Morgan fingerprint density at radius 1 is 1.39 bits per heavy atom. The molecule has 18 heavy (non-hydrogen) atoms. The molecule has 1 rings (SSSR count). The lowest BCUT2D eigenvalue weighted by molar-refractivity contribution is 0.0921. The second kappa shape index (κ2) is 5.14. The molecule has 0 saturated heterocycles. The zero-order valence-electron chi connectivity index (χ0n) is 11.1. The Morgan fingerprint density at radius 2 is 2.00 bits per heavy atom. The predicted molar refractivity (Wildman–Crippen MR) is 69.3 cm³/mol. The molecule has 0 radical (unpaired) electrons. The number of nitrogens with one attached hydrogen (secondary N) is 1. The third kappa shape index (κ3) is 3.35. The van der Waals surface area contributed by atoms with Crippen molar-refractivity contribution in [3.8, 4) is 0 Å². The summed E-state index contributed by atoms with van der Waals surface area (Å²) in [5, 5.41) is 2.57. The summed E-state index contributed by atoms with van der Waals surface area (Å²) in [4.78, 5) is 11.7. The van der Waals surface area contributed by atoms with Crippen molar-refractivity contribution in [1.82, 2.24) is 5.32 Å². The fourth-order valence-corrected chi connectivity index (χ4v) is 1.54. The summed E-state index contributed by atoms with van der Waals surface area (Å²) in [5.41, 5.74) is 0. The van der Waals surface area contributed by atoms with Gasteiger partial charge in [0.05, 0.1) is 4.75 Å². The summed E-state index contributed by atoms with van der Waals surface area (Å²) < 4.78 is 27.2. The minimum Gasteiger partial charge on any atom is -0.456 e. The maximum Gasteiger partial charge on any atom is 0.287 e. The van der Waals surface area contributed by atoms with Crippen molar-refractivity contribution in [2.45, 2.75) is 31.9 Å². The van der Waals surface area contributed by atoms with Crippen LogP contribution in [0.3, 0.4) is 0 Å².